The number of aromatic amines is 1. The van der Waals surface area contributed by atoms with Crippen LogP contribution in [0.1, 0.15) is 25.1 Å². The molecule has 1 heterocycles. The number of H-pyrrole nitrogens is 1. The molecular formula is C8H12N4O. The fourth-order valence-electron chi connectivity index (χ4n) is 1.51. The smallest absolute Gasteiger partial charge is 0.253 e. The van der Waals surface area contributed by atoms with Crippen molar-refractivity contribution in [3.05, 3.63) is 22.2 Å². The first kappa shape index (κ1) is 8.25. The lowest BCUT2D eigenvalue weighted by Gasteiger charge is -2.36. The Kier molecular flexibility index (Phi) is 1.63. The van der Waals surface area contributed by atoms with Crippen LogP contribution in [0.2, 0.25) is 0 Å². The highest BCUT2D eigenvalue weighted by Gasteiger charge is 2.36. The Balaban J connectivity index is 2.45. The Morgan fingerprint density at radius 3 is 2.69 bits per heavy atom. The molecule has 1 fully saturated rings. The maximum atomic E-state index is 11.1. The van der Waals surface area contributed by atoms with Crippen LogP contribution in [0.15, 0.2) is 10.9 Å². The highest BCUT2D eigenvalue weighted by molar-refractivity contribution is 5.27. The average molecular weight is 180 g/mol. The third kappa shape index (κ3) is 1.31. The molecule has 1 aromatic heterocycles. The van der Waals surface area contributed by atoms with Crippen LogP contribution in [0.3, 0.4) is 0 Å². The fourth-order valence-corrected chi connectivity index (χ4v) is 1.51. The first-order valence-electron chi connectivity index (χ1n) is 4.26. The summed E-state index contributed by atoms with van der Waals surface area (Å²) in [6.45, 7) is 0. The van der Waals surface area contributed by atoms with Gasteiger partial charge in [0.1, 0.15) is 11.6 Å². The molecule has 0 atom stereocenters. The van der Waals surface area contributed by atoms with Crippen molar-refractivity contribution in [2.75, 3.05) is 5.73 Å². The molecule has 0 amide bonds. The molecule has 0 radical (unpaired) electrons. The van der Waals surface area contributed by atoms with Gasteiger partial charge in [-0.1, -0.05) is 0 Å². The van der Waals surface area contributed by atoms with E-state index in [1.807, 2.05) is 0 Å². The van der Waals surface area contributed by atoms with Crippen LogP contribution < -0.4 is 17.0 Å². The Bertz CT molecular complexity index is 380. The van der Waals surface area contributed by atoms with Gasteiger partial charge in [0.05, 0.1) is 5.54 Å². The molecular weight excluding hydrogens is 168 g/mol. The molecule has 70 valence electrons. The number of hydrogen-bond acceptors (Lipinski definition) is 4. The lowest BCUT2D eigenvalue weighted by molar-refractivity contribution is 0.238. The van der Waals surface area contributed by atoms with E-state index in [4.69, 9.17) is 11.5 Å². The molecule has 2 rings (SSSR count). The Hall–Kier alpha value is -1.36. The summed E-state index contributed by atoms with van der Waals surface area (Å²) < 4.78 is 0. The van der Waals surface area contributed by atoms with Crippen molar-refractivity contribution >= 4 is 5.82 Å². The fraction of sp³-hybridized carbons (Fsp3) is 0.500. The molecule has 1 aliphatic rings. The summed E-state index contributed by atoms with van der Waals surface area (Å²) in [5.74, 6) is 0.749. The van der Waals surface area contributed by atoms with Crippen LogP contribution in [0.4, 0.5) is 5.82 Å². The molecule has 1 aromatic rings. The van der Waals surface area contributed by atoms with Crippen LogP contribution in [0.5, 0.6) is 0 Å². The van der Waals surface area contributed by atoms with Gasteiger partial charge in [-0.15, -0.1) is 0 Å². The molecule has 0 aromatic carbocycles. The van der Waals surface area contributed by atoms with E-state index in [2.05, 4.69) is 9.97 Å². The van der Waals surface area contributed by atoms with Gasteiger partial charge >= 0.3 is 0 Å². The largest absolute Gasteiger partial charge is 0.383 e. The number of hydrogen-bond donors (Lipinski definition) is 3. The lowest BCUT2D eigenvalue weighted by Crippen LogP contribution is -2.45. The molecule has 0 unspecified atom stereocenters. The van der Waals surface area contributed by atoms with Crippen molar-refractivity contribution in [2.45, 2.75) is 24.8 Å². The van der Waals surface area contributed by atoms with E-state index in [-0.39, 0.29) is 11.4 Å². The molecule has 5 N–H and O–H groups in total. The topological polar surface area (TPSA) is 97.8 Å². The Labute approximate surface area is 75.2 Å². The number of nitrogens with two attached hydrogens (primary N) is 2. The maximum Gasteiger partial charge on any atom is 0.253 e. The number of aromatic nitrogens is 2. The zero-order valence-electron chi connectivity index (χ0n) is 7.21. The number of nitrogens with one attached hydrogen (secondary N) is 1. The SMILES string of the molecule is Nc1cc(=O)[nH]c(C2(N)CCC2)n1. The normalized spacial score (nSPS) is 19.5. The summed E-state index contributed by atoms with van der Waals surface area (Å²) in [4.78, 5) is 17.7. The molecule has 0 saturated heterocycles. The molecule has 1 aliphatic carbocycles. The van der Waals surface area contributed by atoms with Crippen LogP contribution in [0, 0.1) is 0 Å². The molecule has 5 heteroatoms. The van der Waals surface area contributed by atoms with Gasteiger partial charge in [-0.25, -0.2) is 4.98 Å². The van der Waals surface area contributed by atoms with Crippen LogP contribution in [-0.2, 0) is 5.54 Å². The standard InChI is InChI=1S/C8H12N4O/c9-5-4-6(13)12-7(11-5)8(10)2-1-3-8/h4H,1-3,10H2,(H3,9,11,12,13). The van der Waals surface area contributed by atoms with Crippen molar-refractivity contribution in [3.8, 4) is 0 Å². The van der Waals surface area contributed by atoms with Crippen molar-refractivity contribution < 1.29 is 0 Å². The van der Waals surface area contributed by atoms with Crippen molar-refractivity contribution in [3.63, 3.8) is 0 Å². The zero-order valence-corrected chi connectivity index (χ0v) is 7.21. The summed E-state index contributed by atoms with van der Waals surface area (Å²) in [6.07, 6.45) is 2.80. The molecule has 0 bridgehead atoms. The summed E-state index contributed by atoms with van der Waals surface area (Å²) >= 11 is 0. The summed E-state index contributed by atoms with van der Waals surface area (Å²) in [5, 5.41) is 0. The van der Waals surface area contributed by atoms with E-state index in [9.17, 15) is 4.79 Å². The van der Waals surface area contributed by atoms with Gasteiger partial charge in [0, 0.05) is 6.07 Å². The van der Waals surface area contributed by atoms with Gasteiger partial charge in [-0.2, -0.15) is 0 Å². The van der Waals surface area contributed by atoms with Gasteiger partial charge in [-0.05, 0) is 19.3 Å². The average Bonchev–Trinajstić information content (AvgIpc) is 1.98. The lowest BCUT2D eigenvalue weighted by atomic mass is 9.77. The minimum atomic E-state index is -0.450. The van der Waals surface area contributed by atoms with Crippen LogP contribution in [-0.4, -0.2) is 9.97 Å². The summed E-state index contributed by atoms with van der Waals surface area (Å²) in [7, 11) is 0. The van der Waals surface area contributed by atoms with E-state index in [0.717, 1.165) is 19.3 Å². The van der Waals surface area contributed by atoms with E-state index < -0.39 is 5.54 Å². The first-order chi connectivity index (χ1) is 6.10. The predicted molar refractivity (Wildman–Crippen MR) is 49.0 cm³/mol. The maximum absolute atomic E-state index is 11.1. The first-order valence-corrected chi connectivity index (χ1v) is 4.26. The van der Waals surface area contributed by atoms with E-state index in [1.54, 1.807) is 0 Å². The second kappa shape index (κ2) is 2.56. The van der Waals surface area contributed by atoms with E-state index >= 15 is 0 Å². The molecule has 0 aliphatic heterocycles. The van der Waals surface area contributed by atoms with Gasteiger partial charge in [-0.3, -0.25) is 4.79 Å². The van der Waals surface area contributed by atoms with Gasteiger partial charge in [0.15, 0.2) is 0 Å². The monoisotopic (exact) mass is 180 g/mol. The van der Waals surface area contributed by atoms with Crippen molar-refractivity contribution in [1.82, 2.24) is 9.97 Å². The highest BCUT2D eigenvalue weighted by atomic mass is 16.1. The zero-order chi connectivity index (χ0) is 9.47. The Morgan fingerprint density at radius 2 is 2.23 bits per heavy atom. The molecule has 5 nitrogen and oxygen atoms in total. The third-order valence-electron chi connectivity index (χ3n) is 2.48. The minimum Gasteiger partial charge on any atom is -0.383 e. The minimum absolute atomic E-state index is 0.232. The second-order valence-electron chi connectivity index (χ2n) is 3.53. The van der Waals surface area contributed by atoms with Gasteiger partial charge in [0.25, 0.3) is 5.56 Å². The van der Waals surface area contributed by atoms with Crippen LogP contribution >= 0.6 is 0 Å². The number of anilines is 1. The van der Waals surface area contributed by atoms with Gasteiger partial charge < -0.3 is 16.5 Å². The number of rotatable bonds is 1. The third-order valence-corrected chi connectivity index (χ3v) is 2.48. The molecule has 1 saturated carbocycles. The van der Waals surface area contributed by atoms with Crippen LogP contribution in [0.25, 0.3) is 0 Å². The van der Waals surface area contributed by atoms with Crippen molar-refractivity contribution in [1.29, 1.82) is 0 Å². The Morgan fingerprint density at radius 1 is 1.54 bits per heavy atom. The van der Waals surface area contributed by atoms with E-state index in [1.165, 1.54) is 6.07 Å². The summed E-state index contributed by atoms with van der Waals surface area (Å²) in [5.41, 5.74) is 10.7. The molecule has 0 spiro atoms. The van der Waals surface area contributed by atoms with Crippen molar-refractivity contribution in [2.24, 2.45) is 5.73 Å². The summed E-state index contributed by atoms with van der Waals surface area (Å²) in [6, 6.07) is 1.26. The quantitative estimate of drug-likeness (QED) is 0.552. The number of nitrogen functional groups attached to an aromatic ring is 1. The van der Waals surface area contributed by atoms with Gasteiger partial charge in [0.2, 0.25) is 0 Å². The molecule has 13 heavy (non-hydrogen) atoms. The second-order valence-corrected chi connectivity index (χ2v) is 3.53. The predicted octanol–water partition coefficient (Wildman–Crippen LogP) is -0.310. The highest BCUT2D eigenvalue weighted by Crippen LogP contribution is 2.36. The van der Waals surface area contributed by atoms with E-state index in [0.29, 0.717) is 5.82 Å². The number of nitrogens with zero attached hydrogens (tertiary/aromatic N) is 1.